The van der Waals surface area contributed by atoms with Gasteiger partial charge in [-0.05, 0) is 18.6 Å². The first-order valence-corrected chi connectivity index (χ1v) is 5.34. The van der Waals surface area contributed by atoms with E-state index in [2.05, 4.69) is 0 Å². The summed E-state index contributed by atoms with van der Waals surface area (Å²) >= 11 is 0. The van der Waals surface area contributed by atoms with Crippen LogP contribution in [0.1, 0.15) is 31.7 Å². The van der Waals surface area contributed by atoms with Gasteiger partial charge in [0.15, 0.2) is 0 Å². The molecule has 0 unspecified atom stereocenters. The van der Waals surface area contributed by atoms with Gasteiger partial charge in [0.2, 0.25) is 0 Å². The Morgan fingerprint density at radius 2 is 1.81 bits per heavy atom. The summed E-state index contributed by atoms with van der Waals surface area (Å²) in [5, 5.41) is 0. The van der Waals surface area contributed by atoms with Gasteiger partial charge in [0.25, 0.3) is 0 Å². The smallest absolute Gasteiger partial charge is 0.419 e. The van der Waals surface area contributed by atoms with Crippen LogP contribution in [0.5, 0.6) is 5.75 Å². The molecule has 0 amide bonds. The average Bonchev–Trinajstić information content (AvgIpc) is 2.24. The Morgan fingerprint density at radius 1 is 1.12 bits per heavy atom. The van der Waals surface area contributed by atoms with Gasteiger partial charge in [-0.3, -0.25) is 0 Å². The van der Waals surface area contributed by atoms with Crippen molar-refractivity contribution in [2.24, 2.45) is 0 Å². The molecule has 1 nitrogen and oxygen atoms in total. The molecule has 0 bridgehead atoms. The van der Waals surface area contributed by atoms with Crippen molar-refractivity contribution in [3.05, 3.63) is 29.8 Å². The largest absolute Gasteiger partial charge is 0.493 e. The molecule has 0 aliphatic heterocycles. The van der Waals surface area contributed by atoms with E-state index < -0.39 is 11.7 Å². The Bertz CT molecular complexity index is 320. The van der Waals surface area contributed by atoms with Crippen LogP contribution in [0.3, 0.4) is 0 Å². The molecule has 0 saturated carbocycles. The Labute approximate surface area is 93.2 Å². The lowest BCUT2D eigenvalue weighted by Crippen LogP contribution is -2.09. The van der Waals surface area contributed by atoms with E-state index in [4.69, 9.17) is 4.74 Å². The van der Waals surface area contributed by atoms with Gasteiger partial charge in [-0.2, -0.15) is 13.2 Å². The summed E-state index contributed by atoms with van der Waals surface area (Å²) in [7, 11) is 0. The summed E-state index contributed by atoms with van der Waals surface area (Å²) in [6.07, 6.45) is -1.58. The number of benzene rings is 1. The molecule has 0 radical (unpaired) electrons. The fourth-order valence-corrected chi connectivity index (χ4v) is 1.36. The van der Waals surface area contributed by atoms with Crippen molar-refractivity contribution in [2.45, 2.75) is 32.4 Å². The molecule has 0 N–H and O–H groups in total. The first kappa shape index (κ1) is 12.9. The maximum atomic E-state index is 12.5. The first-order chi connectivity index (χ1) is 7.55. The summed E-state index contributed by atoms with van der Waals surface area (Å²) in [6, 6.07) is 5.30. The van der Waals surface area contributed by atoms with Crippen molar-refractivity contribution in [3.8, 4) is 5.75 Å². The van der Waals surface area contributed by atoms with E-state index in [0.717, 1.165) is 25.3 Å². The molecule has 1 rings (SSSR count). The third-order valence-corrected chi connectivity index (χ3v) is 2.20. The van der Waals surface area contributed by atoms with Crippen LogP contribution >= 0.6 is 0 Å². The highest BCUT2D eigenvalue weighted by Crippen LogP contribution is 2.35. The van der Waals surface area contributed by atoms with Gasteiger partial charge in [0.1, 0.15) is 5.75 Å². The van der Waals surface area contributed by atoms with E-state index in [0.29, 0.717) is 6.61 Å². The predicted molar refractivity (Wildman–Crippen MR) is 56.5 cm³/mol. The topological polar surface area (TPSA) is 9.23 Å². The standard InChI is InChI=1S/C12H15F3O/c1-2-3-6-9-16-11-8-5-4-7-10(11)12(13,14)15/h4-5,7-8H,2-3,6,9H2,1H3. The number of rotatable bonds is 5. The maximum absolute atomic E-state index is 12.5. The second-order valence-corrected chi connectivity index (χ2v) is 3.55. The van der Waals surface area contributed by atoms with E-state index in [1.165, 1.54) is 12.1 Å². The van der Waals surface area contributed by atoms with Gasteiger partial charge in [0, 0.05) is 0 Å². The van der Waals surface area contributed by atoms with Crippen molar-refractivity contribution in [2.75, 3.05) is 6.61 Å². The van der Waals surface area contributed by atoms with Crippen LogP contribution in [-0.2, 0) is 6.18 Å². The second kappa shape index (κ2) is 5.77. The highest BCUT2D eigenvalue weighted by molar-refractivity contribution is 5.35. The number of unbranched alkanes of at least 4 members (excludes halogenated alkanes) is 2. The summed E-state index contributed by atoms with van der Waals surface area (Å²) in [4.78, 5) is 0. The zero-order valence-corrected chi connectivity index (χ0v) is 9.18. The Balaban J connectivity index is 2.65. The van der Waals surface area contributed by atoms with E-state index in [1.807, 2.05) is 6.92 Å². The van der Waals surface area contributed by atoms with Crippen LogP contribution in [0.4, 0.5) is 13.2 Å². The fourth-order valence-electron chi connectivity index (χ4n) is 1.36. The lowest BCUT2D eigenvalue weighted by Gasteiger charge is -2.13. The van der Waals surface area contributed by atoms with E-state index in [-0.39, 0.29) is 5.75 Å². The Kier molecular flexibility index (Phi) is 4.65. The van der Waals surface area contributed by atoms with Gasteiger partial charge in [-0.25, -0.2) is 0 Å². The third-order valence-electron chi connectivity index (χ3n) is 2.20. The van der Waals surface area contributed by atoms with Crippen molar-refractivity contribution < 1.29 is 17.9 Å². The van der Waals surface area contributed by atoms with Crippen molar-refractivity contribution in [3.63, 3.8) is 0 Å². The summed E-state index contributed by atoms with van der Waals surface area (Å²) < 4.78 is 42.8. The lowest BCUT2D eigenvalue weighted by atomic mass is 10.2. The maximum Gasteiger partial charge on any atom is 0.419 e. The van der Waals surface area contributed by atoms with Gasteiger partial charge in [0.05, 0.1) is 12.2 Å². The molecule has 0 aromatic heterocycles. The van der Waals surface area contributed by atoms with Crippen LogP contribution in [0.15, 0.2) is 24.3 Å². The minimum Gasteiger partial charge on any atom is -0.493 e. The number of alkyl halides is 3. The normalized spacial score (nSPS) is 11.5. The number of hydrogen-bond donors (Lipinski definition) is 0. The van der Waals surface area contributed by atoms with Crippen molar-refractivity contribution >= 4 is 0 Å². The number of halogens is 3. The third kappa shape index (κ3) is 3.76. The molecule has 16 heavy (non-hydrogen) atoms. The van der Waals surface area contributed by atoms with Crippen LogP contribution in [-0.4, -0.2) is 6.61 Å². The van der Waals surface area contributed by atoms with Crippen LogP contribution in [0.25, 0.3) is 0 Å². The number of hydrogen-bond acceptors (Lipinski definition) is 1. The van der Waals surface area contributed by atoms with Crippen molar-refractivity contribution in [1.82, 2.24) is 0 Å². The monoisotopic (exact) mass is 232 g/mol. The number of ether oxygens (including phenoxy) is 1. The molecule has 0 heterocycles. The minimum atomic E-state index is -4.35. The fraction of sp³-hybridized carbons (Fsp3) is 0.500. The van der Waals surface area contributed by atoms with Crippen LogP contribution < -0.4 is 4.74 Å². The van der Waals surface area contributed by atoms with Crippen molar-refractivity contribution in [1.29, 1.82) is 0 Å². The molecule has 1 aromatic carbocycles. The van der Waals surface area contributed by atoms with E-state index in [9.17, 15) is 13.2 Å². The van der Waals surface area contributed by atoms with Gasteiger partial charge in [-0.15, -0.1) is 0 Å². The highest BCUT2D eigenvalue weighted by Gasteiger charge is 2.33. The zero-order valence-electron chi connectivity index (χ0n) is 9.18. The van der Waals surface area contributed by atoms with Gasteiger partial charge < -0.3 is 4.74 Å². The SMILES string of the molecule is CCCCCOc1ccccc1C(F)(F)F. The van der Waals surface area contributed by atoms with Gasteiger partial charge >= 0.3 is 6.18 Å². The summed E-state index contributed by atoms with van der Waals surface area (Å²) in [6.45, 7) is 2.37. The molecular formula is C12H15F3O. The quantitative estimate of drug-likeness (QED) is 0.689. The van der Waals surface area contributed by atoms with Gasteiger partial charge in [-0.1, -0.05) is 31.9 Å². The lowest BCUT2D eigenvalue weighted by molar-refractivity contribution is -0.138. The molecule has 0 aliphatic carbocycles. The molecule has 90 valence electrons. The molecule has 0 atom stereocenters. The van der Waals surface area contributed by atoms with Crippen LogP contribution in [0, 0.1) is 0 Å². The Morgan fingerprint density at radius 3 is 2.44 bits per heavy atom. The molecule has 1 aromatic rings. The molecule has 0 spiro atoms. The second-order valence-electron chi connectivity index (χ2n) is 3.55. The molecule has 0 aliphatic rings. The molecule has 4 heteroatoms. The minimum absolute atomic E-state index is 0.0777. The highest BCUT2D eigenvalue weighted by atomic mass is 19.4. The number of para-hydroxylation sites is 1. The molecule has 0 saturated heterocycles. The first-order valence-electron chi connectivity index (χ1n) is 5.34. The predicted octanol–water partition coefficient (Wildman–Crippen LogP) is 4.27. The van der Waals surface area contributed by atoms with Crippen LogP contribution in [0.2, 0.25) is 0 Å². The summed E-state index contributed by atoms with van der Waals surface area (Å²) in [5.41, 5.74) is -0.702. The summed E-state index contributed by atoms with van der Waals surface area (Å²) in [5.74, 6) is -0.0777. The molecular weight excluding hydrogens is 217 g/mol. The average molecular weight is 232 g/mol. The Hall–Kier alpha value is -1.19. The van der Waals surface area contributed by atoms with E-state index >= 15 is 0 Å². The zero-order chi connectivity index (χ0) is 12.0. The molecule has 0 fully saturated rings. The van der Waals surface area contributed by atoms with E-state index in [1.54, 1.807) is 6.07 Å².